The number of carbonyl (C=O) groups excluding carboxylic acids is 1. The van der Waals surface area contributed by atoms with Gasteiger partial charge in [-0.3, -0.25) is 0 Å². The molecule has 2 unspecified atom stereocenters. The molecule has 21 heavy (non-hydrogen) atoms. The first kappa shape index (κ1) is 16.1. The first-order chi connectivity index (χ1) is 10.0. The van der Waals surface area contributed by atoms with Crippen molar-refractivity contribution >= 4 is 12.0 Å². The second-order valence-electron chi connectivity index (χ2n) is 6.24. The van der Waals surface area contributed by atoms with Gasteiger partial charge in [0.25, 0.3) is 0 Å². The lowest BCUT2D eigenvalue weighted by molar-refractivity contribution is -0.148. The van der Waals surface area contributed by atoms with E-state index >= 15 is 0 Å². The van der Waals surface area contributed by atoms with Crippen LogP contribution in [0, 0.1) is 5.92 Å². The number of carboxylic acid groups (broad SMARTS) is 1. The summed E-state index contributed by atoms with van der Waals surface area (Å²) >= 11 is 0. The van der Waals surface area contributed by atoms with Crippen LogP contribution in [0.5, 0.6) is 0 Å². The molecule has 0 aromatic carbocycles. The standard InChI is InChI=1S/C15H26N2O4/c1-2-6-15(13(19)20)7-3-8-17(15)14(21)16-9-4-12(11-16)5-10-18/h12,18H,2-11H2,1H3,(H,19,20). The summed E-state index contributed by atoms with van der Waals surface area (Å²) in [6, 6.07) is -0.135. The molecule has 0 radical (unpaired) electrons. The zero-order valence-electron chi connectivity index (χ0n) is 12.8. The Morgan fingerprint density at radius 3 is 2.71 bits per heavy atom. The Labute approximate surface area is 125 Å². The fourth-order valence-corrected chi connectivity index (χ4v) is 3.76. The topological polar surface area (TPSA) is 81.1 Å². The van der Waals surface area contributed by atoms with Crippen molar-refractivity contribution in [3.8, 4) is 0 Å². The molecule has 120 valence electrons. The van der Waals surface area contributed by atoms with E-state index in [2.05, 4.69) is 0 Å². The number of urea groups is 1. The van der Waals surface area contributed by atoms with Crippen LogP contribution in [0.1, 0.15) is 45.4 Å². The molecule has 0 aliphatic carbocycles. The summed E-state index contributed by atoms with van der Waals surface area (Å²) in [5.74, 6) is -0.534. The number of carboxylic acids is 1. The van der Waals surface area contributed by atoms with E-state index in [0.29, 0.717) is 44.8 Å². The maximum absolute atomic E-state index is 12.7. The molecule has 2 heterocycles. The van der Waals surface area contributed by atoms with Gasteiger partial charge in [0, 0.05) is 26.2 Å². The number of nitrogens with zero attached hydrogens (tertiary/aromatic N) is 2. The number of rotatable bonds is 5. The number of carbonyl (C=O) groups is 2. The Morgan fingerprint density at radius 1 is 1.33 bits per heavy atom. The van der Waals surface area contributed by atoms with E-state index in [1.54, 1.807) is 9.80 Å². The molecule has 2 amide bonds. The fourth-order valence-electron chi connectivity index (χ4n) is 3.76. The number of likely N-dealkylation sites (tertiary alicyclic amines) is 2. The van der Waals surface area contributed by atoms with Gasteiger partial charge in [-0.15, -0.1) is 0 Å². The molecule has 2 rings (SSSR count). The van der Waals surface area contributed by atoms with Crippen LogP contribution in [0.25, 0.3) is 0 Å². The van der Waals surface area contributed by atoms with Gasteiger partial charge < -0.3 is 20.0 Å². The van der Waals surface area contributed by atoms with Crippen LogP contribution in [0.3, 0.4) is 0 Å². The van der Waals surface area contributed by atoms with Crippen molar-refractivity contribution in [1.29, 1.82) is 0 Å². The lowest BCUT2D eigenvalue weighted by atomic mass is 9.91. The summed E-state index contributed by atoms with van der Waals surface area (Å²) in [6.45, 7) is 3.94. The number of aliphatic carboxylic acids is 1. The number of amides is 2. The van der Waals surface area contributed by atoms with Gasteiger partial charge in [0.2, 0.25) is 0 Å². The van der Waals surface area contributed by atoms with Crippen molar-refractivity contribution in [1.82, 2.24) is 9.80 Å². The van der Waals surface area contributed by atoms with Crippen molar-refractivity contribution in [2.75, 3.05) is 26.2 Å². The van der Waals surface area contributed by atoms with Gasteiger partial charge in [0.15, 0.2) is 0 Å². The average molecular weight is 298 g/mol. The molecule has 0 bridgehead atoms. The first-order valence-corrected chi connectivity index (χ1v) is 7.96. The Kier molecular flexibility index (Phi) is 5.08. The molecular weight excluding hydrogens is 272 g/mol. The van der Waals surface area contributed by atoms with Crippen LogP contribution in [-0.2, 0) is 4.79 Å². The summed E-state index contributed by atoms with van der Waals surface area (Å²) in [4.78, 5) is 27.8. The number of hydrogen-bond donors (Lipinski definition) is 2. The molecule has 2 fully saturated rings. The number of aliphatic hydroxyl groups excluding tert-OH is 1. The lowest BCUT2D eigenvalue weighted by Crippen LogP contribution is -2.56. The smallest absolute Gasteiger partial charge is 0.329 e. The highest BCUT2D eigenvalue weighted by atomic mass is 16.4. The molecule has 6 nitrogen and oxygen atoms in total. The molecule has 2 atom stereocenters. The molecular formula is C15H26N2O4. The van der Waals surface area contributed by atoms with Crippen LogP contribution < -0.4 is 0 Å². The van der Waals surface area contributed by atoms with Crippen LogP contribution in [-0.4, -0.2) is 63.8 Å². The Balaban J connectivity index is 2.09. The minimum atomic E-state index is -1.01. The zero-order valence-corrected chi connectivity index (χ0v) is 12.8. The first-order valence-electron chi connectivity index (χ1n) is 7.96. The number of aliphatic hydroxyl groups is 1. The molecule has 0 saturated carbocycles. The highest BCUT2D eigenvalue weighted by Gasteiger charge is 2.50. The van der Waals surface area contributed by atoms with Gasteiger partial charge in [-0.25, -0.2) is 9.59 Å². The normalized spacial score (nSPS) is 29.1. The van der Waals surface area contributed by atoms with Crippen LogP contribution in [0.4, 0.5) is 4.79 Å². The fraction of sp³-hybridized carbons (Fsp3) is 0.867. The van der Waals surface area contributed by atoms with Gasteiger partial charge >= 0.3 is 12.0 Å². The molecule has 0 spiro atoms. The van der Waals surface area contributed by atoms with Crippen LogP contribution in [0.15, 0.2) is 0 Å². The second kappa shape index (κ2) is 6.64. The predicted octanol–water partition coefficient (Wildman–Crippen LogP) is 1.53. The zero-order chi connectivity index (χ0) is 15.5. The van der Waals surface area contributed by atoms with Crippen LogP contribution in [0.2, 0.25) is 0 Å². The summed E-state index contributed by atoms with van der Waals surface area (Å²) in [5, 5.41) is 18.6. The van der Waals surface area contributed by atoms with Crippen molar-refractivity contribution in [3.63, 3.8) is 0 Å². The summed E-state index contributed by atoms with van der Waals surface area (Å²) in [5.41, 5.74) is -1.01. The largest absolute Gasteiger partial charge is 0.479 e. The second-order valence-corrected chi connectivity index (χ2v) is 6.24. The summed E-state index contributed by atoms with van der Waals surface area (Å²) in [7, 11) is 0. The molecule has 2 N–H and O–H groups in total. The van der Waals surface area contributed by atoms with Gasteiger partial charge in [0.05, 0.1) is 0 Å². The van der Waals surface area contributed by atoms with Crippen molar-refractivity contribution in [3.05, 3.63) is 0 Å². The molecule has 0 aromatic heterocycles. The average Bonchev–Trinajstić information content (AvgIpc) is 3.06. The maximum atomic E-state index is 12.7. The van der Waals surface area contributed by atoms with Crippen molar-refractivity contribution < 1.29 is 19.8 Å². The molecule has 6 heteroatoms. The van der Waals surface area contributed by atoms with E-state index in [4.69, 9.17) is 5.11 Å². The van der Waals surface area contributed by atoms with Gasteiger partial charge in [-0.05, 0) is 38.0 Å². The van der Waals surface area contributed by atoms with Crippen molar-refractivity contribution in [2.24, 2.45) is 5.92 Å². The Hall–Kier alpha value is -1.30. The highest BCUT2D eigenvalue weighted by molar-refractivity contribution is 5.87. The van der Waals surface area contributed by atoms with Gasteiger partial charge in [-0.1, -0.05) is 13.3 Å². The van der Waals surface area contributed by atoms with Gasteiger partial charge in [-0.2, -0.15) is 0 Å². The van der Waals surface area contributed by atoms with Crippen LogP contribution >= 0.6 is 0 Å². The Morgan fingerprint density at radius 2 is 2.10 bits per heavy atom. The van der Waals surface area contributed by atoms with E-state index in [9.17, 15) is 14.7 Å². The SMILES string of the molecule is CCCC1(C(=O)O)CCCN1C(=O)N1CCC(CCO)C1. The number of hydrogen-bond acceptors (Lipinski definition) is 3. The molecule has 2 aliphatic heterocycles. The predicted molar refractivity (Wildman–Crippen MR) is 78.0 cm³/mol. The monoisotopic (exact) mass is 298 g/mol. The van der Waals surface area contributed by atoms with E-state index in [1.807, 2.05) is 6.92 Å². The minimum absolute atomic E-state index is 0.135. The summed E-state index contributed by atoms with van der Waals surface area (Å²) < 4.78 is 0. The van der Waals surface area contributed by atoms with E-state index in [1.165, 1.54) is 0 Å². The lowest BCUT2D eigenvalue weighted by Gasteiger charge is -2.37. The minimum Gasteiger partial charge on any atom is -0.479 e. The Bertz CT molecular complexity index is 401. The quantitative estimate of drug-likeness (QED) is 0.806. The van der Waals surface area contributed by atoms with Gasteiger partial charge in [0.1, 0.15) is 5.54 Å². The molecule has 0 aromatic rings. The molecule has 2 aliphatic rings. The highest BCUT2D eigenvalue weighted by Crippen LogP contribution is 2.35. The summed E-state index contributed by atoms with van der Waals surface area (Å²) in [6.07, 6.45) is 4.18. The van der Waals surface area contributed by atoms with E-state index < -0.39 is 11.5 Å². The third-order valence-corrected chi connectivity index (χ3v) is 4.88. The van der Waals surface area contributed by atoms with E-state index in [0.717, 1.165) is 19.3 Å². The van der Waals surface area contributed by atoms with Crippen molar-refractivity contribution in [2.45, 2.75) is 51.0 Å². The molecule has 2 saturated heterocycles. The van der Waals surface area contributed by atoms with E-state index in [-0.39, 0.29) is 12.6 Å². The maximum Gasteiger partial charge on any atom is 0.329 e. The third kappa shape index (κ3) is 3.00. The third-order valence-electron chi connectivity index (χ3n) is 4.88.